The van der Waals surface area contributed by atoms with Crippen LogP contribution in [0.15, 0.2) is 40.9 Å². The predicted octanol–water partition coefficient (Wildman–Crippen LogP) is 3.86. The zero-order chi connectivity index (χ0) is 15.4. The van der Waals surface area contributed by atoms with E-state index in [2.05, 4.69) is 15.9 Å². The zero-order valence-corrected chi connectivity index (χ0v) is 12.2. The van der Waals surface area contributed by atoms with Crippen molar-refractivity contribution < 1.29 is 18.3 Å². The molecule has 0 saturated heterocycles. The third-order valence-electron chi connectivity index (χ3n) is 2.66. The van der Waals surface area contributed by atoms with Crippen LogP contribution in [-0.4, -0.2) is 12.4 Å². The summed E-state index contributed by atoms with van der Waals surface area (Å²) in [4.78, 5) is 11.8. The highest BCUT2D eigenvalue weighted by Gasteiger charge is 2.18. The molecular formula is C15H8BrF2NO2. The van der Waals surface area contributed by atoms with Gasteiger partial charge in [0.25, 0.3) is 0 Å². The molecule has 0 aromatic heterocycles. The number of halogens is 3. The van der Waals surface area contributed by atoms with E-state index in [1.807, 2.05) is 6.07 Å². The van der Waals surface area contributed by atoms with E-state index in [1.54, 1.807) is 6.07 Å². The van der Waals surface area contributed by atoms with Crippen molar-refractivity contribution in [2.24, 2.45) is 0 Å². The van der Waals surface area contributed by atoms with E-state index in [9.17, 15) is 13.6 Å². The maximum absolute atomic E-state index is 13.5. The number of nitriles is 1. The fourth-order valence-electron chi connectivity index (χ4n) is 1.70. The Morgan fingerprint density at radius 1 is 1.24 bits per heavy atom. The average Bonchev–Trinajstić information content (AvgIpc) is 2.45. The molecule has 106 valence electrons. The fourth-order valence-corrected chi connectivity index (χ4v) is 2.06. The van der Waals surface area contributed by atoms with Gasteiger partial charge in [-0.3, -0.25) is 4.79 Å². The van der Waals surface area contributed by atoms with Crippen molar-refractivity contribution in [2.75, 3.05) is 6.61 Å². The molecule has 0 heterocycles. The lowest BCUT2D eigenvalue weighted by Crippen LogP contribution is -2.15. The third-order valence-corrected chi connectivity index (χ3v) is 3.16. The highest BCUT2D eigenvalue weighted by molar-refractivity contribution is 9.10. The summed E-state index contributed by atoms with van der Waals surface area (Å²) in [5.41, 5.74) is -0.431. The number of Topliss-reactive ketones (excluding diaryl/α,β-unsaturated/α-hetero) is 1. The molecule has 0 aliphatic carbocycles. The number of hydrogen-bond donors (Lipinski definition) is 0. The second-order valence-electron chi connectivity index (χ2n) is 4.06. The number of ether oxygens (including phenoxy) is 1. The maximum atomic E-state index is 13.5. The molecule has 2 aromatic rings. The van der Waals surface area contributed by atoms with Crippen LogP contribution >= 0.6 is 15.9 Å². The summed E-state index contributed by atoms with van der Waals surface area (Å²) < 4.78 is 32.8. The lowest BCUT2D eigenvalue weighted by Gasteiger charge is -2.08. The van der Waals surface area contributed by atoms with Crippen LogP contribution in [0.3, 0.4) is 0 Å². The predicted molar refractivity (Wildman–Crippen MR) is 75.0 cm³/mol. The van der Waals surface area contributed by atoms with Crippen LogP contribution in [0.2, 0.25) is 0 Å². The lowest BCUT2D eigenvalue weighted by atomic mass is 10.1. The van der Waals surface area contributed by atoms with Gasteiger partial charge in [0, 0.05) is 4.47 Å². The van der Waals surface area contributed by atoms with E-state index in [0.29, 0.717) is 4.47 Å². The minimum Gasteiger partial charge on any atom is -0.484 e. The quantitative estimate of drug-likeness (QED) is 0.786. The molecule has 21 heavy (non-hydrogen) atoms. The van der Waals surface area contributed by atoms with E-state index < -0.39 is 29.6 Å². The Balaban J connectivity index is 2.17. The van der Waals surface area contributed by atoms with Gasteiger partial charge in [-0.05, 0) is 30.3 Å². The number of carbonyl (C=O) groups is 1. The largest absolute Gasteiger partial charge is 0.484 e. The molecule has 0 atom stereocenters. The van der Waals surface area contributed by atoms with E-state index in [0.717, 1.165) is 12.1 Å². The second-order valence-corrected chi connectivity index (χ2v) is 4.98. The van der Waals surface area contributed by atoms with Crippen molar-refractivity contribution in [3.05, 3.63) is 63.6 Å². The number of benzene rings is 2. The Labute approximate surface area is 127 Å². The molecule has 0 aliphatic heterocycles. The summed E-state index contributed by atoms with van der Waals surface area (Å²) in [5, 5.41) is 8.96. The van der Waals surface area contributed by atoms with Gasteiger partial charge < -0.3 is 4.74 Å². The first-order valence-electron chi connectivity index (χ1n) is 5.82. The second kappa shape index (κ2) is 6.46. The normalized spacial score (nSPS) is 10.0. The van der Waals surface area contributed by atoms with Gasteiger partial charge in [-0.15, -0.1) is 0 Å². The SMILES string of the molecule is N#Cc1cc(Br)ccc1OCC(=O)c1c(F)cccc1F. The van der Waals surface area contributed by atoms with Gasteiger partial charge in [-0.25, -0.2) is 8.78 Å². The number of hydrogen-bond acceptors (Lipinski definition) is 3. The van der Waals surface area contributed by atoms with Gasteiger partial charge in [0.1, 0.15) is 23.5 Å². The number of carbonyl (C=O) groups excluding carboxylic acids is 1. The first-order valence-corrected chi connectivity index (χ1v) is 6.62. The van der Waals surface area contributed by atoms with Crippen LogP contribution in [0.25, 0.3) is 0 Å². The van der Waals surface area contributed by atoms with Crippen LogP contribution in [0.4, 0.5) is 8.78 Å². The van der Waals surface area contributed by atoms with Crippen molar-refractivity contribution in [2.45, 2.75) is 0 Å². The fraction of sp³-hybridized carbons (Fsp3) is 0.0667. The highest BCUT2D eigenvalue weighted by Crippen LogP contribution is 2.23. The summed E-state index contributed by atoms with van der Waals surface area (Å²) in [5.74, 6) is -2.55. The van der Waals surface area contributed by atoms with Crippen LogP contribution in [0.1, 0.15) is 15.9 Å². The van der Waals surface area contributed by atoms with Crippen LogP contribution in [0.5, 0.6) is 5.75 Å². The standard InChI is InChI=1S/C15H8BrF2NO2/c16-10-4-5-14(9(6-10)7-19)21-8-13(20)15-11(17)2-1-3-12(15)18/h1-6H,8H2. The third kappa shape index (κ3) is 3.44. The molecule has 2 aromatic carbocycles. The molecule has 0 N–H and O–H groups in total. The number of ketones is 1. The topological polar surface area (TPSA) is 50.1 Å². The molecule has 0 spiro atoms. The Bertz CT molecular complexity index is 721. The van der Waals surface area contributed by atoms with Crippen molar-refractivity contribution in [1.29, 1.82) is 5.26 Å². The average molecular weight is 352 g/mol. The van der Waals surface area contributed by atoms with Gasteiger partial charge in [0.2, 0.25) is 5.78 Å². The van der Waals surface area contributed by atoms with Gasteiger partial charge >= 0.3 is 0 Å². The van der Waals surface area contributed by atoms with Gasteiger partial charge in [-0.1, -0.05) is 22.0 Å². The first-order chi connectivity index (χ1) is 10.0. The van der Waals surface area contributed by atoms with Crippen molar-refractivity contribution in [3.63, 3.8) is 0 Å². The van der Waals surface area contributed by atoms with Gasteiger partial charge in [0.05, 0.1) is 11.1 Å². The van der Waals surface area contributed by atoms with Crippen molar-refractivity contribution >= 4 is 21.7 Å². The molecule has 0 saturated carbocycles. The summed E-state index contributed by atoms with van der Waals surface area (Å²) >= 11 is 3.20. The molecule has 2 rings (SSSR count). The van der Waals surface area contributed by atoms with Crippen molar-refractivity contribution in [3.8, 4) is 11.8 Å². The van der Waals surface area contributed by atoms with E-state index >= 15 is 0 Å². The molecule has 0 aliphatic rings. The summed E-state index contributed by atoms with van der Waals surface area (Å²) in [6, 6.07) is 9.71. The summed E-state index contributed by atoms with van der Waals surface area (Å²) in [6.07, 6.45) is 0. The van der Waals surface area contributed by atoms with E-state index in [4.69, 9.17) is 10.00 Å². The van der Waals surface area contributed by atoms with Gasteiger partial charge in [0.15, 0.2) is 6.61 Å². The lowest BCUT2D eigenvalue weighted by molar-refractivity contribution is 0.0913. The number of rotatable bonds is 4. The summed E-state index contributed by atoms with van der Waals surface area (Å²) in [6.45, 7) is -0.561. The smallest absolute Gasteiger partial charge is 0.206 e. The molecule has 0 fully saturated rings. The molecular weight excluding hydrogens is 344 g/mol. The monoisotopic (exact) mass is 351 g/mol. The Hall–Kier alpha value is -2.26. The van der Waals surface area contributed by atoms with Crippen molar-refractivity contribution in [1.82, 2.24) is 0 Å². The Morgan fingerprint density at radius 3 is 2.52 bits per heavy atom. The Morgan fingerprint density at radius 2 is 1.90 bits per heavy atom. The minimum absolute atomic E-state index is 0.172. The first kappa shape index (κ1) is 15.1. The van der Waals surface area contributed by atoms with Crippen LogP contribution in [0, 0.1) is 23.0 Å². The Kier molecular flexibility index (Phi) is 4.66. The molecule has 3 nitrogen and oxygen atoms in total. The summed E-state index contributed by atoms with van der Waals surface area (Å²) in [7, 11) is 0. The molecule has 6 heteroatoms. The molecule has 0 unspecified atom stereocenters. The molecule has 0 radical (unpaired) electrons. The minimum atomic E-state index is -0.945. The van der Waals surface area contributed by atoms with Gasteiger partial charge in [-0.2, -0.15) is 5.26 Å². The van der Waals surface area contributed by atoms with E-state index in [1.165, 1.54) is 18.2 Å². The number of nitrogens with zero attached hydrogens (tertiary/aromatic N) is 1. The van der Waals surface area contributed by atoms with Crippen LogP contribution in [-0.2, 0) is 0 Å². The maximum Gasteiger partial charge on any atom is 0.206 e. The highest BCUT2D eigenvalue weighted by atomic mass is 79.9. The zero-order valence-electron chi connectivity index (χ0n) is 10.6. The van der Waals surface area contributed by atoms with Crippen LogP contribution < -0.4 is 4.74 Å². The molecule has 0 amide bonds. The van der Waals surface area contributed by atoms with E-state index in [-0.39, 0.29) is 11.3 Å². The molecule has 0 bridgehead atoms.